The molecule has 0 heterocycles. The Morgan fingerprint density at radius 3 is 2.61 bits per heavy atom. The van der Waals surface area contributed by atoms with Gasteiger partial charge in [0.2, 0.25) is 0 Å². The number of carbonyl (C=O) groups is 1. The first-order valence-corrected chi connectivity index (χ1v) is 7.69. The Morgan fingerprint density at radius 1 is 1.17 bits per heavy atom. The minimum absolute atomic E-state index is 0.0591. The summed E-state index contributed by atoms with van der Waals surface area (Å²) in [5, 5.41) is 3.94. The van der Waals surface area contributed by atoms with E-state index < -0.39 is 0 Å². The van der Waals surface area contributed by atoms with Crippen LogP contribution in [0.1, 0.15) is 29.2 Å². The van der Waals surface area contributed by atoms with Gasteiger partial charge in [0.1, 0.15) is 5.75 Å². The van der Waals surface area contributed by atoms with E-state index >= 15 is 0 Å². The second-order valence-electron chi connectivity index (χ2n) is 5.45. The zero-order valence-electron chi connectivity index (χ0n) is 13.8. The van der Waals surface area contributed by atoms with E-state index in [-0.39, 0.29) is 12.5 Å². The largest absolute Gasteiger partial charge is 0.483 e. The Labute approximate surface area is 137 Å². The standard InChI is InChI=1S/C19H22N2O2/c1-4-16-7-9-17(10-8-16)12-20-21-19(22)13-23-18-11-14(2)5-6-15(18)3/h5-12H,4,13H2,1-3H3,(H,21,22)/b20-12+. The van der Waals surface area contributed by atoms with Crippen LogP contribution in [0.3, 0.4) is 0 Å². The molecule has 2 rings (SSSR count). The van der Waals surface area contributed by atoms with E-state index in [1.165, 1.54) is 5.56 Å². The summed E-state index contributed by atoms with van der Waals surface area (Å²) in [6.45, 7) is 5.99. The van der Waals surface area contributed by atoms with Crippen molar-refractivity contribution in [3.63, 3.8) is 0 Å². The maximum Gasteiger partial charge on any atom is 0.277 e. The number of nitrogens with one attached hydrogen (secondary N) is 1. The number of rotatable bonds is 6. The lowest BCUT2D eigenvalue weighted by molar-refractivity contribution is -0.123. The van der Waals surface area contributed by atoms with Gasteiger partial charge in [-0.05, 0) is 48.6 Å². The molecule has 4 heteroatoms. The molecule has 0 bridgehead atoms. The molecule has 1 N–H and O–H groups in total. The number of hydrazone groups is 1. The van der Waals surface area contributed by atoms with Crippen molar-refractivity contribution in [3.8, 4) is 5.75 Å². The van der Waals surface area contributed by atoms with Crippen molar-refractivity contribution < 1.29 is 9.53 Å². The van der Waals surface area contributed by atoms with Crippen LogP contribution in [0.5, 0.6) is 5.75 Å². The Balaban J connectivity index is 1.82. The maximum atomic E-state index is 11.8. The molecule has 0 aliphatic rings. The van der Waals surface area contributed by atoms with Gasteiger partial charge in [0.15, 0.2) is 6.61 Å². The monoisotopic (exact) mass is 310 g/mol. The first-order valence-electron chi connectivity index (χ1n) is 7.69. The molecule has 0 saturated heterocycles. The highest BCUT2D eigenvalue weighted by molar-refractivity contribution is 5.82. The number of nitrogens with zero attached hydrogens (tertiary/aromatic N) is 1. The highest BCUT2D eigenvalue weighted by Gasteiger charge is 2.04. The summed E-state index contributed by atoms with van der Waals surface area (Å²) in [5.41, 5.74) is 6.78. The number of aryl methyl sites for hydroxylation is 3. The van der Waals surface area contributed by atoms with Crippen molar-refractivity contribution in [1.82, 2.24) is 5.43 Å². The van der Waals surface area contributed by atoms with E-state index in [9.17, 15) is 4.79 Å². The fourth-order valence-electron chi connectivity index (χ4n) is 2.06. The van der Waals surface area contributed by atoms with E-state index in [2.05, 4.69) is 17.5 Å². The van der Waals surface area contributed by atoms with E-state index in [1.807, 2.05) is 56.3 Å². The van der Waals surface area contributed by atoms with Gasteiger partial charge in [-0.15, -0.1) is 0 Å². The number of amides is 1. The van der Waals surface area contributed by atoms with Gasteiger partial charge in [-0.25, -0.2) is 5.43 Å². The Morgan fingerprint density at radius 2 is 1.91 bits per heavy atom. The molecule has 2 aromatic carbocycles. The number of hydrogen-bond donors (Lipinski definition) is 1. The van der Waals surface area contributed by atoms with Gasteiger partial charge in [-0.2, -0.15) is 5.10 Å². The normalized spacial score (nSPS) is 10.7. The lowest BCUT2D eigenvalue weighted by Gasteiger charge is -2.08. The zero-order chi connectivity index (χ0) is 16.7. The molecule has 0 atom stereocenters. The number of hydrogen-bond acceptors (Lipinski definition) is 3. The molecule has 0 aliphatic carbocycles. The average Bonchev–Trinajstić information content (AvgIpc) is 2.56. The molecule has 23 heavy (non-hydrogen) atoms. The first kappa shape index (κ1) is 16.7. The van der Waals surface area contributed by atoms with Crippen LogP contribution in [-0.2, 0) is 11.2 Å². The van der Waals surface area contributed by atoms with Crippen LogP contribution in [0.2, 0.25) is 0 Å². The predicted octanol–water partition coefficient (Wildman–Crippen LogP) is 3.39. The molecule has 0 radical (unpaired) electrons. The van der Waals surface area contributed by atoms with Crippen molar-refractivity contribution >= 4 is 12.1 Å². The van der Waals surface area contributed by atoms with Crippen molar-refractivity contribution in [2.45, 2.75) is 27.2 Å². The summed E-state index contributed by atoms with van der Waals surface area (Å²) in [6, 6.07) is 13.9. The molecule has 0 unspecified atom stereocenters. The average molecular weight is 310 g/mol. The quantitative estimate of drug-likeness (QED) is 0.657. The number of carbonyl (C=O) groups excluding carboxylic acids is 1. The van der Waals surface area contributed by atoms with Gasteiger partial charge < -0.3 is 4.74 Å². The molecule has 2 aromatic rings. The fraction of sp³-hybridized carbons (Fsp3) is 0.263. The topological polar surface area (TPSA) is 50.7 Å². The van der Waals surface area contributed by atoms with Crippen LogP contribution in [0.4, 0.5) is 0 Å². The van der Waals surface area contributed by atoms with Gasteiger partial charge in [-0.1, -0.05) is 43.3 Å². The van der Waals surface area contributed by atoms with E-state index in [1.54, 1.807) is 6.21 Å². The lowest BCUT2D eigenvalue weighted by atomic mass is 10.1. The summed E-state index contributed by atoms with van der Waals surface area (Å²) in [6.07, 6.45) is 2.62. The fourth-order valence-corrected chi connectivity index (χ4v) is 2.06. The molecule has 0 spiro atoms. The van der Waals surface area contributed by atoms with E-state index in [0.29, 0.717) is 0 Å². The van der Waals surface area contributed by atoms with Crippen LogP contribution in [0.25, 0.3) is 0 Å². The highest BCUT2D eigenvalue weighted by atomic mass is 16.5. The third kappa shape index (κ3) is 5.25. The molecule has 4 nitrogen and oxygen atoms in total. The van der Waals surface area contributed by atoms with Crippen molar-refractivity contribution in [3.05, 3.63) is 64.7 Å². The van der Waals surface area contributed by atoms with Crippen LogP contribution >= 0.6 is 0 Å². The van der Waals surface area contributed by atoms with E-state index in [0.717, 1.165) is 28.9 Å². The molecule has 0 saturated carbocycles. The molecular formula is C19H22N2O2. The summed E-state index contributed by atoms with van der Waals surface area (Å²) in [7, 11) is 0. The third-order valence-electron chi connectivity index (χ3n) is 3.49. The second-order valence-corrected chi connectivity index (χ2v) is 5.45. The lowest BCUT2D eigenvalue weighted by Crippen LogP contribution is -2.24. The minimum atomic E-state index is -0.285. The molecule has 1 amide bonds. The van der Waals surface area contributed by atoms with Gasteiger partial charge >= 0.3 is 0 Å². The van der Waals surface area contributed by atoms with Crippen LogP contribution < -0.4 is 10.2 Å². The predicted molar refractivity (Wildman–Crippen MR) is 93.0 cm³/mol. The van der Waals surface area contributed by atoms with Gasteiger partial charge in [0.05, 0.1) is 6.21 Å². The third-order valence-corrected chi connectivity index (χ3v) is 3.49. The van der Waals surface area contributed by atoms with Crippen LogP contribution in [0.15, 0.2) is 47.6 Å². The van der Waals surface area contributed by atoms with Crippen molar-refractivity contribution in [1.29, 1.82) is 0 Å². The van der Waals surface area contributed by atoms with Gasteiger partial charge in [-0.3, -0.25) is 4.79 Å². The SMILES string of the molecule is CCc1ccc(/C=N/NC(=O)COc2cc(C)ccc2C)cc1. The Hall–Kier alpha value is -2.62. The number of ether oxygens (including phenoxy) is 1. The van der Waals surface area contributed by atoms with Gasteiger partial charge in [0.25, 0.3) is 5.91 Å². The molecule has 0 aromatic heterocycles. The van der Waals surface area contributed by atoms with Crippen molar-refractivity contribution in [2.75, 3.05) is 6.61 Å². The van der Waals surface area contributed by atoms with Gasteiger partial charge in [0, 0.05) is 0 Å². The first-order chi connectivity index (χ1) is 11.1. The van der Waals surface area contributed by atoms with Crippen LogP contribution in [-0.4, -0.2) is 18.7 Å². The highest BCUT2D eigenvalue weighted by Crippen LogP contribution is 2.18. The zero-order valence-corrected chi connectivity index (χ0v) is 13.8. The number of benzene rings is 2. The second kappa shape index (κ2) is 8.13. The molecule has 120 valence electrons. The molecular weight excluding hydrogens is 288 g/mol. The van der Waals surface area contributed by atoms with Crippen LogP contribution in [0, 0.1) is 13.8 Å². The van der Waals surface area contributed by atoms with Crippen molar-refractivity contribution in [2.24, 2.45) is 5.10 Å². The molecule has 0 aliphatic heterocycles. The van der Waals surface area contributed by atoms with E-state index in [4.69, 9.17) is 4.74 Å². The Bertz CT molecular complexity index is 691. The molecule has 0 fully saturated rings. The summed E-state index contributed by atoms with van der Waals surface area (Å²) >= 11 is 0. The minimum Gasteiger partial charge on any atom is -0.483 e. The Kier molecular flexibility index (Phi) is 5.92. The smallest absolute Gasteiger partial charge is 0.277 e. The summed E-state index contributed by atoms with van der Waals surface area (Å²) in [4.78, 5) is 11.8. The summed E-state index contributed by atoms with van der Waals surface area (Å²) < 4.78 is 5.53. The summed E-state index contributed by atoms with van der Waals surface area (Å²) in [5.74, 6) is 0.437. The maximum absolute atomic E-state index is 11.8.